The minimum Gasteiger partial charge on any atom is -0.419 e. The first kappa shape index (κ1) is 11.7. The molecule has 0 aliphatic carbocycles. The van der Waals surface area contributed by atoms with Gasteiger partial charge in [0, 0.05) is 16.9 Å². The van der Waals surface area contributed by atoms with E-state index in [-0.39, 0.29) is 4.83 Å². The maximum absolute atomic E-state index is 5.55. The minimum atomic E-state index is 0.105. The van der Waals surface area contributed by atoms with Gasteiger partial charge in [0.25, 0.3) is 0 Å². The summed E-state index contributed by atoms with van der Waals surface area (Å²) in [6, 6.07) is 1.89. The summed E-state index contributed by atoms with van der Waals surface area (Å²) < 4.78 is 6.43. The number of halogens is 2. The molecule has 2 rings (SSSR count). The minimum absolute atomic E-state index is 0.105. The van der Waals surface area contributed by atoms with Crippen molar-refractivity contribution in [2.75, 3.05) is 0 Å². The zero-order valence-electron chi connectivity index (χ0n) is 8.52. The van der Waals surface area contributed by atoms with Crippen LogP contribution in [0.2, 0.25) is 0 Å². The second-order valence-corrected chi connectivity index (χ2v) is 5.23. The molecule has 4 nitrogen and oxygen atoms in total. The van der Waals surface area contributed by atoms with Crippen LogP contribution in [0.4, 0.5) is 0 Å². The molecule has 84 valence electrons. The molecule has 0 saturated heterocycles. The van der Waals surface area contributed by atoms with E-state index in [4.69, 9.17) is 4.42 Å². The average Bonchev–Trinajstić information content (AvgIpc) is 2.77. The second-order valence-electron chi connectivity index (χ2n) is 3.21. The van der Waals surface area contributed by atoms with E-state index in [0.717, 1.165) is 16.5 Å². The lowest BCUT2D eigenvalue weighted by Gasteiger charge is -1.98. The Bertz CT molecular complexity index is 486. The highest BCUT2D eigenvalue weighted by Crippen LogP contribution is 2.28. The highest BCUT2D eigenvalue weighted by molar-refractivity contribution is 9.10. The Morgan fingerprint density at radius 1 is 1.38 bits per heavy atom. The van der Waals surface area contributed by atoms with Crippen LogP contribution in [-0.2, 0) is 0 Å². The molecular weight excluding hydrogens is 338 g/mol. The van der Waals surface area contributed by atoms with Gasteiger partial charge in [0.1, 0.15) is 0 Å². The Labute approximate surface area is 110 Å². The molecule has 2 aromatic heterocycles. The highest BCUT2D eigenvalue weighted by Gasteiger charge is 2.14. The van der Waals surface area contributed by atoms with E-state index >= 15 is 0 Å². The molecule has 1 unspecified atom stereocenters. The summed E-state index contributed by atoms with van der Waals surface area (Å²) in [5, 5.41) is 7.98. The highest BCUT2D eigenvalue weighted by atomic mass is 79.9. The van der Waals surface area contributed by atoms with Crippen LogP contribution >= 0.6 is 31.9 Å². The van der Waals surface area contributed by atoms with Crippen molar-refractivity contribution in [2.24, 2.45) is 0 Å². The number of nitrogens with zero attached hydrogens (tertiary/aromatic N) is 3. The van der Waals surface area contributed by atoms with Gasteiger partial charge in [-0.05, 0) is 28.4 Å². The summed E-state index contributed by atoms with van der Waals surface area (Å²) in [4.78, 5) is 4.15. The molecule has 0 spiro atoms. The summed E-state index contributed by atoms with van der Waals surface area (Å²) in [7, 11) is 0. The number of hydrogen-bond acceptors (Lipinski definition) is 4. The van der Waals surface area contributed by atoms with E-state index in [1.165, 1.54) is 0 Å². The predicted molar refractivity (Wildman–Crippen MR) is 67.2 cm³/mol. The Balaban J connectivity index is 2.31. The topological polar surface area (TPSA) is 51.8 Å². The zero-order chi connectivity index (χ0) is 11.5. The lowest BCUT2D eigenvalue weighted by atomic mass is 10.3. The van der Waals surface area contributed by atoms with Crippen molar-refractivity contribution in [1.82, 2.24) is 15.2 Å². The molecule has 0 N–H and O–H groups in total. The van der Waals surface area contributed by atoms with Gasteiger partial charge in [-0.25, -0.2) is 0 Å². The number of hydrogen-bond donors (Lipinski definition) is 0. The van der Waals surface area contributed by atoms with E-state index in [0.29, 0.717) is 11.8 Å². The fraction of sp³-hybridized carbons (Fsp3) is 0.300. The van der Waals surface area contributed by atoms with Gasteiger partial charge < -0.3 is 4.42 Å². The van der Waals surface area contributed by atoms with Crippen molar-refractivity contribution >= 4 is 31.9 Å². The molecule has 0 aromatic carbocycles. The van der Waals surface area contributed by atoms with Gasteiger partial charge in [-0.2, -0.15) is 0 Å². The van der Waals surface area contributed by atoms with E-state index in [2.05, 4.69) is 47.0 Å². The quantitative estimate of drug-likeness (QED) is 0.794. The van der Waals surface area contributed by atoms with Gasteiger partial charge in [0.05, 0.1) is 10.4 Å². The summed E-state index contributed by atoms with van der Waals surface area (Å²) >= 11 is 6.81. The largest absolute Gasteiger partial charge is 0.419 e. The number of aromatic nitrogens is 3. The number of rotatable bonds is 3. The Kier molecular flexibility index (Phi) is 3.70. The van der Waals surface area contributed by atoms with Crippen LogP contribution in [0.15, 0.2) is 27.3 Å². The molecule has 6 heteroatoms. The normalized spacial score (nSPS) is 12.7. The van der Waals surface area contributed by atoms with Crippen LogP contribution in [0.5, 0.6) is 0 Å². The molecule has 16 heavy (non-hydrogen) atoms. The third-order valence-electron chi connectivity index (χ3n) is 2.02. The summed E-state index contributed by atoms with van der Waals surface area (Å²) in [5.74, 6) is 1.08. The lowest BCUT2D eigenvalue weighted by molar-refractivity contribution is 0.500. The van der Waals surface area contributed by atoms with Crippen LogP contribution in [0.1, 0.15) is 24.1 Å². The standard InChI is InChI=1S/C10H9Br2N3O/c1-2-8(12)10-15-14-9(16-10)6-3-7(11)5-13-4-6/h3-5,8H,2H2,1H3. The first-order valence-corrected chi connectivity index (χ1v) is 6.50. The third-order valence-corrected chi connectivity index (χ3v) is 3.49. The molecule has 2 aromatic rings. The average molecular weight is 347 g/mol. The summed E-state index contributed by atoms with van der Waals surface area (Å²) in [6.45, 7) is 2.05. The molecule has 0 radical (unpaired) electrons. The van der Waals surface area contributed by atoms with Crippen molar-refractivity contribution in [1.29, 1.82) is 0 Å². The first-order valence-electron chi connectivity index (χ1n) is 4.79. The van der Waals surface area contributed by atoms with Gasteiger partial charge in [0.15, 0.2) is 0 Å². The van der Waals surface area contributed by atoms with E-state index in [1.54, 1.807) is 12.4 Å². The molecule has 0 bridgehead atoms. The third kappa shape index (κ3) is 2.49. The Morgan fingerprint density at radius 2 is 2.19 bits per heavy atom. The Hall–Kier alpha value is -0.750. The van der Waals surface area contributed by atoms with Crippen molar-refractivity contribution < 1.29 is 4.42 Å². The van der Waals surface area contributed by atoms with E-state index < -0.39 is 0 Å². The fourth-order valence-corrected chi connectivity index (χ4v) is 1.73. The van der Waals surface area contributed by atoms with Crippen LogP contribution in [0.3, 0.4) is 0 Å². The van der Waals surface area contributed by atoms with Crippen molar-refractivity contribution in [2.45, 2.75) is 18.2 Å². The molecule has 0 aliphatic heterocycles. The van der Waals surface area contributed by atoms with Crippen LogP contribution in [0, 0.1) is 0 Å². The molecule has 1 atom stereocenters. The molecular formula is C10H9Br2N3O. The van der Waals surface area contributed by atoms with Gasteiger partial charge >= 0.3 is 0 Å². The second kappa shape index (κ2) is 5.05. The predicted octanol–water partition coefficient (Wildman–Crippen LogP) is 3.74. The van der Waals surface area contributed by atoms with Gasteiger partial charge in [0.2, 0.25) is 11.8 Å². The maximum Gasteiger partial charge on any atom is 0.249 e. The van der Waals surface area contributed by atoms with E-state index in [1.807, 2.05) is 13.0 Å². The smallest absolute Gasteiger partial charge is 0.249 e. The molecule has 0 saturated carbocycles. The first-order chi connectivity index (χ1) is 7.70. The van der Waals surface area contributed by atoms with Crippen LogP contribution in [-0.4, -0.2) is 15.2 Å². The molecule has 0 fully saturated rings. The lowest BCUT2D eigenvalue weighted by Crippen LogP contribution is -1.86. The van der Waals surface area contributed by atoms with Crippen molar-refractivity contribution in [3.05, 3.63) is 28.8 Å². The van der Waals surface area contributed by atoms with Crippen LogP contribution < -0.4 is 0 Å². The van der Waals surface area contributed by atoms with Gasteiger partial charge in [-0.15, -0.1) is 10.2 Å². The Morgan fingerprint density at radius 3 is 2.88 bits per heavy atom. The van der Waals surface area contributed by atoms with Gasteiger partial charge in [-0.1, -0.05) is 22.9 Å². The van der Waals surface area contributed by atoms with Crippen molar-refractivity contribution in [3.8, 4) is 11.5 Å². The molecule has 0 amide bonds. The zero-order valence-corrected chi connectivity index (χ0v) is 11.7. The monoisotopic (exact) mass is 345 g/mol. The van der Waals surface area contributed by atoms with Crippen LogP contribution in [0.25, 0.3) is 11.5 Å². The van der Waals surface area contributed by atoms with Crippen molar-refractivity contribution in [3.63, 3.8) is 0 Å². The van der Waals surface area contributed by atoms with Gasteiger partial charge in [-0.3, -0.25) is 4.98 Å². The molecule has 0 aliphatic rings. The molecule has 2 heterocycles. The summed E-state index contributed by atoms with van der Waals surface area (Å²) in [6.07, 6.45) is 4.30. The maximum atomic E-state index is 5.55. The number of alkyl halides is 1. The summed E-state index contributed by atoms with van der Waals surface area (Å²) in [5.41, 5.74) is 0.809. The SMILES string of the molecule is CCC(Br)c1nnc(-c2cncc(Br)c2)o1. The fourth-order valence-electron chi connectivity index (χ4n) is 1.18. The number of pyridine rings is 1. The van der Waals surface area contributed by atoms with E-state index in [9.17, 15) is 0 Å².